The van der Waals surface area contributed by atoms with Gasteiger partial charge in [0.1, 0.15) is 0 Å². The average molecular weight is 3810 g/mol. The number of nitrogens with one attached hydrogen (secondary N) is 1. The van der Waals surface area contributed by atoms with E-state index in [0.29, 0.717) is 13.3 Å². The fourth-order valence-electron chi connectivity index (χ4n) is 0.953. The molecule has 0 aliphatic rings. The van der Waals surface area contributed by atoms with E-state index in [9.17, 15) is 0 Å². The van der Waals surface area contributed by atoms with E-state index >= 15 is 0 Å². The van der Waals surface area contributed by atoms with E-state index in [1.807, 2.05) is 6.92 Å². The number of hydrogen-bond donors (Lipinski definition) is 2. The van der Waals surface area contributed by atoms with E-state index in [4.69, 9.17) is 5.73 Å². The molecule has 0 radical (unpaired) electrons. The van der Waals surface area contributed by atoms with Gasteiger partial charge in [-0.3, -0.25) is 0 Å². The summed E-state index contributed by atoms with van der Waals surface area (Å²) in [6.45, 7) is 2.01. The zero-order chi connectivity index (χ0) is 29.9. The van der Waals surface area contributed by atoms with Crippen molar-refractivity contribution in [3.8, 4) is 0 Å². The Bertz CT molecular complexity index is 722. The van der Waals surface area contributed by atoms with Crippen LogP contribution in [0, 0.1) is 0 Å². The van der Waals surface area contributed by atoms with Crippen LogP contribution in [0.4, 0.5) is 0 Å². The predicted octanol–water partition coefficient (Wildman–Crippen LogP) is 22.0. The summed E-state index contributed by atoms with van der Waals surface area (Å²) < 4.78 is 0. The van der Waals surface area contributed by atoms with Gasteiger partial charge < -0.3 is 5.73 Å². The number of halogens is 29. The number of nitrogens with zero attached hydrogens (tertiary/aromatic N) is 2. The Morgan fingerprint density at radius 3 is 1.29 bits per heavy atom. The van der Waals surface area contributed by atoms with Crippen LogP contribution in [0.15, 0.2) is 6.20 Å². The Balaban J connectivity index is 0.00000127. The topological polar surface area (TPSA) is 67.6 Å². The Hall–Kier alpha value is 20.3. The van der Waals surface area contributed by atoms with Gasteiger partial charge in [-0.1, -0.05) is 6.92 Å². The summed E-state index contributed by atoms with van der Waals surface area (Å²) in [5.41, 5.74) is 6.45. The SMILES string of the molecule is CCC(N)c1cn[nH]n1.I[I-]I(I)I(I)I(I)I(I)I(I)I(I)I(I)I(I)I(I)I(I)I(I)I(I)I(I)I. The van der Waals surface area contributed by atoms with Crippen LogP contribution in [0.25, 0.3) is 0 Å². The van der Waals surface area contributed by atoms with Crippen molar-refractivity contribution in [3.63, 3.8) is 0 Å². The van der Waals surface area contributed by atoms with Gasteiger partial charge in [0.2, 0.25) is 0 Å². The quantitative estimate of drug-likeness (QED) is 0.172. The molecule has 254 valence electrons. The first-order chi connectivity index (χ1) is 17.5. The van der Waals surface area contributed by atoms with E-state index in [1.54, 1.807) is 6.20 Å². The van der Waals surface area contributed by atoms with E-state index in [2.05, 4.69) is 295 Å². The Labute approximate surface area is 424 Å². The summed E-state index contributed by atoms with van der Waals surface area (Å²) in [5, 5.41) is 9.97. The second kappa shape index (κ2) is 35.7. The molecule has 1 aromatic heterocycles. The molecule has 0 saturated carbocycles. The molecule has 1 heterocycles. The third-order valence-corrected chi connectivity index (χ3v) is 2070. The van der Waals surface area contributed by atoms with E-state index < -0.39 is 94.7 Å². The number of H-pyrrole nitrogens is 1. The molecule has 4 nitrogen and oxygen atoms in total. The predicted molar refractivity (Wildman–Crippen MR) is 426 cm³/mol. The molecule has 0 aromatic carbocycles. The van der Waals surface area contributed by atoms with Crippen LogP contribution in [0.3, 0.4) is 0 Å². The van der Waals surface area contributed by atoms with Crippen molar-refractivity contribution < 1.29 is 13.3 Å². The van der Waals surface area contributed by atoms with Crippen LogP contribution >= 0.6 is 382 Å². The first kappa shape index (κ1) is 58.3. The van der Waals surface area contributed by atoms with Gasteiger partial charge >= 0.3 is 395 Å². The molecule has 0 aliphatic carbocycles. The van der Waals surface area contributed by atoms with Crippen LogP contribution in [0.1, 0.15) is 25.1 Å². The van der Waals surface area contributed by atoms with Gasteiger partial charge in [0.25, 0.3) is 0 Å². The number of aromatic amines is 1. The van der Waals surface area contributed by atoms with Gasteiger partial charge in [-0.25, -0.2) is 0 Å². The molecule has 0 saturated heterocycles. The molecule has 0 fully saturated rings. The van der Waals surface area contributed by atoms with Gasteiger partial charge in [0.15, 0.2) is 0 Å². The molecule has 3 N–H and O–H groups in total. The van der Waals surface area contributed by atoms with Gasteiger partial charge in [0, 0.05) is 0 Å². The van der Waals surface area contributed by atoms with E-state index in [1.165, 1.54) is 0 Å². The van der Waals surface area contributed by atoms with Crippen LogP contribution < -0.4 is 19.0 Å². The molecule has 1 rings (SSSR count). The Kier molecular flexibility index (Phi) is 54.7. The van der Waals surface area contributed by atoms with Crippen LogP contribution in [0.5, 0.6) is 0 Å². The first-order valence-electron chi connectivity index (χ1n) is 6.96. The fourth-order valence-corrected chi connectivity index (χ4v) is 4820. The van der Waals surface area contributed by atoms with Crippen LogP contribution in [-0.2, 0) is 0 Å². The monoisotopic (exact) mass is 3810 g/mol. The van der Waals surface area contributed by atoms with Gasteiger partial charge in [-0.15, -0.1) is 0 Å². The van der Waals surface area contributed by atoms with Gasteiger partial charge in [-0.05, 0) is 6.42 Å². The second-order valence-electron chi connectivity index (χ2n) is 4.07. The number of nitrogens with two attached hydrogens (primary N) is 1. The molecular formula is C5H10I29N4-. The first-order valence-corrected chi connectivity index (χ1v) is 183. The van der Waals surface area contributed by atoms with Crippen LogP contribution in [-0.4, -0.2) is 15.4 Å². The zero-order valence-corrected chi connectivity index (χ0v) is 78.9. The van der Waals surface area contributed by atoms with E-state index in [-0.39, 0.29) is 13.9 Å². The summed E-state index contributed by atoms with van der Waals surface area (Å²) in [5.74, 6) is 0. The minimum absolute atomic E-state index is 0.0312. The molecule has 1 aromatic rings. The normalized spacial score (nSPS) is 17.1. The van der Waals surface area contributed by atoms with Crippen molar-refractivity contribution in [1.82, 2.24) is 15.4 Å². The fraction of sp³-hybridized carbons (Fsp3) is 0.600. The number of rotatable bonds is 15. The maximum atomic E-state index is 5.62. The van der Waals surface area contributed by atoms with Gasteiger partial charge in [0.05, 0.1) is 17.9 Å². The van der Waals surface area contributed by atoms with Crippen molar-refractivity contribution in [3.05, 3.63) is 11.9 Å². The summed E-state index contributed by atoms with van der Waals surface area (Å²) in [4.78, 5) is 0. The van der Waals surface area contributed by atoms with Crippen molar-refractivity contribution in [2.45, 2.75) is 19.4 Å². The number of hydrogen-bond acceptors (Lipinski definition) is 3. The summed E-state index contributed by atoms with van der Waals surface area (Å²) in [6, 6.07) is 0.0312. The van der Waals surface area contributed by atoms with Crippen molar-refractivity contribution >= 4 is 382 Å². The third kappa shape index (κ3) is 24.8. The van der Waals surface area contributed by atoms with Crippen molar-refractivity contribution in [2.24, 2.45) is 5.73 Å². The zero-order valence-electron chi connectivity index (χ0n) is 16.3. The molecule has 0 amide bonds. The molecule has 1 unspecified atom stereocenters. The molecule has 0 aliphatic heterocycles. The average Bonchev–Trinajstić information content (AvgIpc) is 3.47. The summed E-state index contributed by atoms with van der Waals surface area (Å²) in [7, 11) is -5.76. The van der Waals surface area contributed by atoms with Crippen molar-refractivity contribution in [2.75, 3.05) is 0 Å². The molecule has 33 heteroatoms. The Morgan fingerprint density at radius 1 is 0.684 bits per heavy atom. The van der Waals surface area contributed by atoms with Crippen LogP contribution in [0.2, 0.25) is 0 Å². The molecule has 1 atom stereocenters. The Morgan fingerprint density at radius 2 is 1.03 bits per heavy atom. The second-order valence-corrected chi connectivity index (χ2v) is 654. The standard InChI is InChI=1S/C5H10N4.I29/c1-2-4(6)5-3-7-9-8-5;1-16-18(4)20(6)22(8)24(10)26(12)28(14)29(15)27(13)25(11)23(9)21(7)19(5)17(2)3/h3-4H,2,6H2,1H3,(H,7,8,9);/q;-1. The van der Waals surface area contributed by atoms with Gasteiger partial charge in [-0.2, -0.15) is 15.4 Å². The maximum absolute atomic E-state index is 5.62. The van der Waals surface area contributed by atoms with Crippen molar-refractivity contribution in [1.29, 1.82) is 0 Å². The molecular weight excluding hydrogens is 3800 g/mol. The summed E-state index contributed by atoms with van der Waals surface area (Å²) >= 11 is 47.8. The molecule has 0 bridgehead atoms. The molecule has 38 heavy (non-hydrogen) atoms. The minimum atomic E-state index is -0.476. The number of aromatic nitrogens is 3. The molecule has 0 spiro atoms. The van der Waals surface area contributed by atoms with E-state index in [0.717, 1.165) is 12.1 Å². The summed E-state index contributed by atoms with van der Waals surface area (Å²) in [6.07, 6.45) is 2.54. The third-order valence-electron chi connectivity index (χ3n) is 2.27.